The Morgan fingerprint density at radius 2 is 1.12 bits per heavy atom. The molecule has 1 heteroatoms. The SMILES string of the molecule is CC(=C(c1ccccc1)c1ccccc1)[C@H]1O[C@@H]1c1ccccc1. The van der Waals surface area contributed by atoms with Crippen molar-refractivity contribution in [3.63, 3.8) is 0 Å². The van der Waals surface area contributed by atoms with Crippen molar-refractivity contribution in [2.24, 2.45) is 0 Å². The van der Waals surface area contributed by atoms with Crippen LogP contribution in [0.2, 0.25) is 0 Å². The minimum atomic E-state index is 0.155. The lowest BCUT2D eigenvalue weighted by Crippen LogP contribution is -1.99. The third kappa shape index (κ3) is 2.91. The van der Waals surface area contributed by atoms with Gasteiger partial charge in [0.1, 0.15) is 12.2 Å². The summed E-state index contributed by atoms with van der Waals surface area (Å²) < 4.78 is 6.03. The van der Waals surface area contributed by atoms with Gasteiger partial charge in [-0.3, -0.25) is 0 Å². The highest BCUT2D eigenvalue weighted by atomic mass is 16.6. The van der Waals surface area contributed by atoms with E-state index in [0.29, 0.717) is 0 Å². The Hall–Kier alpha value is -2.64. The Balaban J connectivity index is 1.75. The van der Waals surface area contributed by atoms with Crippen LogP contribution < -0.4 is 0 Å². The first-order chi connectivity index (χ1) is 11.8. The molecule has 24 heavy (non-hydrogen) atoms. The first kappa shape index (κ1) is 14.9. The molecule has 0 N–H and O–H groups in total. The maximum Gasteiger partial charge on any atom is 0.113 e. The van der Waals surface area contributed by atoms with Crippen molar-refractivity contribution in [2.75, 3.05) is 0 Å². The molecule has 0 amide bonds. The summed E-state index contributed by atoms with van der Waals surface area (Å²) in [7, 11) is 0. The fourth-order valence-corrected chi connectivity index (χ4v) is 3.31. The molecule has 1 fully saturated rings. The predicted octanol–water partition coefficient (Wildman–Crippen LogP) is 5.65. The van der Waals surface area contributed by atoms with Gasteiger partial charge in [-0.05, 0) is 34.8 Å². The molecule has 1 aliphatic heterocycles. The number of epoxide rings is 1. The molecule has 0 bridgehead atoms. The van der Waals surface area contributed by atoms with E-state index in [-0.39, 0.29) is 12.2 Å². The fourth-order valence-electron chi connectivity index (χ4n) is 3.31. The zero-order valence-electron chi connectivity index (χ0n) is 13.7. The number of hydrogen-bond donors (Lipinski definition) is 0. The zero-order chi connectivity index (χ0) is 16.4. The standard InChI is InChI=1S/C23H20O/c1-17(22-23(24-22)20-15-9-4-10-16-20)21(18-11-5-2-6-12-18)19-13-7-3-8-14-19/h2-16,22-23H,1H3/t22-,23-/m1/s1. The van der Waals surface area contributed by atoms with E-state index < -0.39 is 0 Å². The summed E-state index contributed by atoms with van der Waals surface area (Å²) in [5.41, 5.74) is 6.30. The molecular weight excluding hydrogens is 292 g/mol. The van der Waals surface area contributed by atoms with Crippen LogP contribution in [-0.2, 0) is 4.74 Å². The van der Waals surface area contributed by atoms with Crippen molar-refractivity contribution in [1.29, 1.82) is 0 Å². The summed E-state index contributed by atoms with van der Waals surface area (Å²) in [4.78, 5) is 0. The zero-order valence-corrected chi connectivity index (χ0v) is 13.7. The lowest BCUT2D eigenvalue weighted by atomic mass is 9.91. The highest BCUT2D eigenvalue weighted by Gasteiger charge is 2.42. The van der Waals surface area contributed by atoms with E-state index in [9.17, 15) is 0 Å². The number of hydrogen-bond acceptors (Lipinski definition) is 1. The van der Waals surface area contributed by atoms with Gasteiger partial charge in [0.2, 0.25) is 0 Å². The number of benzene rings is 3. The molecule has 3 aromatic carbocycles. The van der Waals surface area contributed by atoms with Gasteiger partial charge in [-0.1, -0.05) is 91.0 Å². The van der Waals surface area contributed by atoms with Gasteiger partial charge in [-0.2, -0.15) is 0 Å². The molecule has 0 unspecified atom stereocenters. The van der Waals surface area contributed by atoms with Gasteiger partial charge in [-0.15, -0.1) is 0 Å². The van der Waals surface area contributed by atoms with Crippen LogP contribution in [0.4, 0.5) is 0 Å². The van der Waals surface area contributed by atoms with E-state index in [0.717, 1.165) is 0 Å². The normalized spacial score (nSPS) is 18.9. The Morgan fingerprint density at radius 3 is 1.62 bits per heavy atom. The van der Waals surface area contributed by atoms with Crippen LogP contribution in [0.25, 0.3) is 5.57 Å². The molecule has 118 valence electrons. The molecule has 0 aliphatic carbocycles. The third-order valence-electron chi connectivity index (χ3n) is 4.57. The van der Waals surface area contributed by atoms with E-state index in [1.165, 1.54) is 27.8 Å². The van der Waals surface area contributed by atoms with Crippen molar-refractivity contribution >= 4 is 5.57 Å². The Bertz CT molecular complexity index is 793. The van der Waals surface area contributed by atoms with Crippen LogP contribution in [0.1, 0.15) is 29.7 Å². The summed E-state index contributed by atoms with van der Waals surface area (Å²) >= 11 is 0. The van der Waals surface area contributed by atoms with E-state index in [4.69, 9.17) is 4.74 Å². The minimum Gasteiger partial charge on any atom is -0.360 e. The molecule has 2 atom stereocenters. The topological polar surface area (TPSA) is 12.5 Å². The van der Waals surface area contributed by atoms with Crippen LogP contribution in [0.15, 0.2) is 96.6 Å². The molecule has 0 spiro atoms. The van der Waals surface area contributed by atoms with Gasteiger partial charge in [0.05, 0.1) is 0 Å². The van der Waals surface area contributed by atoms with Crippen LogP contribution in [0.5, 0.6) is 0 Å². The quantitative estimate of drug-likeness (QED) is 0.567. The second-order valence-electron chi connectivity index (χ2n) is 6.18. The second kappa shape index (κ2) is 6.46. The van der Waals surface area contributed by atoms with Crippen molar-refractivity contribution < 1.29 is 4.74 Å². The van der Waals surface area contributed by atoms with Crippen molar-refractivity contribution in [3.8, 4) is 0 Å². The maximum atomic E-state index is 6.03. The fraction of sp³-hybridized carbons (Fsp3) is 0.130. The highest BCUT2D eigenvalue weighted by Crippen LogP contribution is 2.46. The van der Waals surface area contributed by atoms with Crippen molar-refractivity contribution in [1.82, 2.24) is 0 Å². The number of ether oxygens (including phenoxy) is 1. The van der Waals surface area contributed by atoms with E-state index in [2.05, 4.69) is 91.9 Å². The smallest absolute Gasteiger partial charge is 0.113 e. The van der Waals surface area contributed by atoms with Gasteiger partial charge in [-0.25, -0.2) is 0 Å². The molecule has 1 heterocycles. The van der Waals surface area contributed by atoms with Crippen molar-refractivity contribution in [2.45, 2.75) is 19.1 Å². The van der Waals surface area contributed by atoms with E-state index in [1.807, 2.05) is 6.07 Å². The summed E-state index contributed by atoms with van der Waals surface area (Å²) in [6.45, 7) is 2.20. The summed E-state index contributed by atoms with van der Waals surface area (Å²) in [5, 5.41) is 0. The van der Waals surface area contributed by atoms with Crippen molar-refractivity contribution in [3.05, 3.63) is 113 Å². The largest absolute Gasteiger partial charge is 0.360 e. The summed E-state index contributed by atoms with van der Waals surface area (Å²) in [6, 6.07) is 31.6. The molecule has 1 aliphatic rings. The van der Waals surface area contributed by atoms with Crippen LogP contribution in [0.3, 0.4) is 0 Å². The molecule has 3 aromatic rings. The molecule has 0 radical (unpaired) electrons. The summed E-state index contributed by atoms with van der Waals surface area (Å²) in [6.07, 6.45) is 0.330. The van der Waals surface area contributed by atoms with E-state index >= 15 is 0 Å². The van der Waals surface area contributed by atoms with Gasteiger partial charge in [0.25, 0.3) is 0 Å². The Labute approximate surface area is 143 Å². The molecule has 1 nitrogen and oxygen atoms in total. The van der Waals surface area contributed by atoms with Gasteiger partial charge in [0.15, 0.2) is 0 Å². The highest BCUT2D eigenvalue weighted by molar-refractivity contribution is 5.82. The van der Waals surface area contributed by atoms with Gasteiger partial charge >= 0.3 is 0 Å². The molecule has 1 saturated heterocycles. The van der Waals surface area contributed by atoms with Gasteiger partial charge < -0.3 is 4.74 Å². The monoisotopic (exact) mass is 312 g/mol. The van der Waals surface area contributed by atoms with Crippen LogP contribution >= 0.6 is 0 Å². The first-order valence-corrected chi connectivity index (χ1v) is 8.36. The Kier molecular flexibility index (Phi) is 4.02. The van der Waals surface area contributed by atoms with E-state index in [1.54, 1.807) is 0 Å². The number of rotatable bonds is 4. The van der Waals surface area contributed by atoms with Gasteiger partial charge in [0, 0.05) is 0 Å². The molecule has 0 saturated carbocycles. The Morgan fingerprint density at radius 1 is 0.667 bits per heavy atom. The minimum absolute atomic E-state index is 0.155. The van der Waals surface area contributed by atoms with Crippen LogP contribution in [0, 0.1) is 0 Å². The lowest BCUT2D eigenvalue weighted by molar-refractivity contribution is 0.389. The molecule has 0 aromatic heterocycles. The van der Waals surface area contributed by atoms with Crippen LogP contribution in [-0.4, -0.2) is 6.10 Å². The average molecular weight is 312 g/mol. The molecular formula is C23H20O. The molecule has 4 rings (SSSR count). The maximum absolute atomic E-state index is 6.03. The average Bonchev–Trinajstić information content (AvgIpc) is 3.45. The first-order valence-electron chi connectivity index (χ1n) is 8.36. The lowest BCUT2D eigenvalue weighted by Gasteiger charge is -2.12. The third-order valence-corrected chi connectivity index (χ3v) is 4.57. The predicted molar refractivity (Wildman–Crippen MR) is 98.6 cm³/mol. The summed E-state index contributed by atoms with van der Waals surface area (Å²) in [5.74, 6) is 0. The second-order valence-corrected chi connectivity index (χ2v) is 6.18.